The van der Waals surface area contributed by atoms with Gasteiger partial charge in [-0.3, -0.25) is 24.2 Å². The summed E-state index contributed by atoms with van der Waals surface area (Å²) in [5, 5.41) is 13.3. The zero-order valence-corrected chi connectivity index (χ0v) is 13.7. The van der Waals surface area contributed by atoms with Gasteiger partial charge < -0.3 is 38.7 Å². The number of carbonyl (C=O) groups is 4. The second kappa shape index (κ2) is 11.6. The SMILES string of the molecule is NC(=O)CNC(=O)[C@H](CCC(=O)O)NC(=O)[C@@H](N)CCCN=C(N)N. The fourth-order valence-corrected chi connectivity index (χ4v) is 1.76. The third kappa shape index (κ3) is 11.3. The predicted molar refractivity (Wildman–Crippen MR) is 88.9 cm³/mol. The van der Waals surface area contributed by atoms with Crippen LogP contribution >= 0.6 is 0 Å². The molecule has 0 spiro atoms. The van der Waals surface area contributed by atoms with Gasteiger partial charge in [0.15, 0.2) is 5.96 Å². The van der Waals surface area contributed by atoms with Crippen LogP contribution in [0.25, 0.3) is 0 Å². The van der Waals surface area contributed by atoms with Crippen molar-refractivity contribution in [3.8, 4) is 0 Å². The van der Waals surface area contributed by atoms with Crippen molar-refractivity contribution in [3.63, 3.8) is 0 Å². The lowest BCUT2D eigenvalue weighted by molar-refractivity contribution is -0.138. The number of aliphatic imine (C=N–C) groups is 1. The van der Waals surface area contributed by atoms with Crippen molar-refractivity contribution in [2.75, 3.05) is 13.1 Å². The molecule has 0 aliphatic carbocycles. The van der Waals surface area contributed by atoms with Gasteiger partial charge in [-0.2, -0.15) is 0 Å². The molecule has 142 valence electrons. The van der Waals surface area contributed by atoms with Gasteiger partial charge in [0.25, 0.3) is 0 Å². The highest BCUT2D eigenvalue weighted by Crippen LogP contribution is 2.01. The number of aliphatic carboxylic acids is 1. The molecule has 25 heavy (non-hydrogen) atoms. The number of amides is 3. The average Bonchev–Trinajstić information content (AvgIpc) is 2.52. The van der Waals surface area contributed by atoms with Gasteiger partial charge in [0.1, 0.15) is 6.04 Å². The topological polar surface area (TPSA) is 229 Å². The molecule has 0 aromatic carbocycles. The van der Waals surface area contributed by atoms with Gasteiger partial charge in [-0.25, -0.2) is 0 Å². The van der Waals surface area contributed by atoms with Crippen LogP contribution in [0.2, 0.25) is 0 Å². The van der Waals surface area contributed by atoms with Crippen molar-refractivity contribution >= 4 is 29.7 Å². The van der Waals surface area contributed by atoms with Crippen molar-refractivity contribution in [2.24, 2.45) is 27.9 Å². The monoisotopic (exact) mass is 359 g/mol. The van der Waals surface area contributed by atoms with Crippen molar-refractivity contribution < 1.29 is 24.3 Å². The Kier molecular flexibility index (Phi) is 10.3. The fraction of sp³-hybridized carbons (Fsp3) is 0.615. The molecular weight excluding hydrogens is 334 g/mol. The minimum Gasteiger partial charge on any atom is -0.481 e. The van der Waals surface area contributed by atoms with Crippen LogP contribution in [-0.2, 0) is 19.2 Å². The summed E-state index contributed by atoms with van der Waals surface area (Å²) in [5.41, 5.74) is 21.0. The summed E-state index contributed by atoms with van der Waals surface area (Å²) >= 11 is 0. The number of carboxylic acids is 1. The summed E-state index contributed by atoms with van der Waals surface area (Å²) in [5.74, 6) is -3.33. The predicted octanol–water partition coefficient (Wildman–Crippen LogP) is -3.68. The number of carboxylic acid groups (broad SMARTS) is 1. The summed E-state index contributed by atoms with van der Waals surface area (Å²) in [4.78, 5) is 49.1. The van der Waals surface area contributed by atoms with E-state index in [0.717, 1.165) is 0 Å². The van der Waals surface area contributed by atoms with E-state index < -0.39 is 42.3 Å². The summed E-state index contributed by atoms with van der Waals surface area (Å²) in [6.07, 6.45) is 0.193. The Hall–Kier alpha value is -2.89. The normalized spacial score (nSPS) is 12.5. The van der Waals surface area contributed by atoms with Crippen LogP contribution < -0.4 is 33.6 Å². The Morgan fingerprint density at radius 2 is 1.68 bits per heavy atom. The highest BCUT2D eigenvalue weighted by Gasteiger charge is 2.24. The summed E-state index contributed by atoms with van der Waals surface area (Å²) in [7, 11) is 0. The summed E-state index contributed by atoms with van der Waals surface area (Å²) in [6.45, 7) is -0.131. The number of nitrogens with one attached hydrogen (secondary N) is 2. The molecule has 0 radical (unpaired) electrons. The van der Waals surface area contributed by atoms with E-state index >= 15 is 0 Å². The molecule has 0 aliphatic rings. The zero-order valence-electron chi connectivity index (χ0n) is 13.7. The van der Waals surface area contributed by atoms with Gasteiger partial charge in [0, 0.05) is 13.0 Å². The number of hydrogen-bond acceptors (Lipinski definition) is 6. The first-order valence-corrected chi connectivity index (χ1v) is 7.52. The smallest absolute Gasteiger partial charge is 0.303 e. The summed E-state index contributed by atoms with van der Waals surface area (Å²) < 4.78 is 0. The molecule has 3 amide bonds. The third-order valence-electron chi connectivity index (χ3n) is 3.02. The first-order chi connectivity index (χ1) is 11.6. The van der Waals surface area contributed by atoms with Crippen LogP contribution in [-0.4, -0.2) is 59.9 Å². The second-order valence-corrected chi connectivity index (χ2v) is 5.23. The second-order valence-electron chi connectivity index (χ2n) is 5.23. The molecule has 0 aromatic rings. The van der Waals surface area contributed by atoms with Gasteiger partial charge >= 0.3 is 5.97 Å². The number of carbonyl (C=O) groups excluding carboxylic acids is 3. The first-order valence-electron chi connectivity index (χ1n) is 7.52. The van der Waals surface area contributed by atoms with Crippen molar-refractivity contribution in [2.45, 2.75) is 37.8 Å². The number of nitrogens with two attached hydrogens (primary N) is 4. The maximum absolute atomic E-state index is 12.0. The molecule has 0 aromatic heterocycles. The minimum absolute atomic E-state index is 0.0714. The average molecular weight is 359 g/mol. The highest BCUT2D eigenvalue weighted by molar-refractivity contribution is 5.91. The molecule has 0 fully saturated rings. The molecule has 0 heterocycles. The highest BCUT2D eigenvalue weighted by atomic mass is 16.4. The number of nitrogens with zero attached hydrogens (tertiary/aromatic N) is 1. The fourth-order valence-electron chi connectivity index (χ4n) is 1.76. The number of primary amides is 1. The van der Waals surface area contributed by atoms with E-state index in [9.17, 15) is 19.2 Å². The lowest BCUT2D eigenvalue weighted by atomic mass is 10.1. The Morgan fingerprint density at radius 3 is 2.20 bits per heavy atom. The van der Waals surface area contributed by atoms with E-state index in [1.807, 2.05) is 0 Å². The largest absolute Gasteiger partial charge is 0.481 e. The third-order valence-corrected chi connectivity index (χ3v) is 3.02. The molecular formula is C13H25N7O5. The Morgan fingerprint density at radius 1 is 1.04 bits per heavy atom. The van der Waals surface area contributed by atoms with Gasteiger partial charge in [-0.15, -0.1) is 0 Å². The van der Waals surface area contributed by atoms with E-state index in [-0.39, 0.29) is 25.2 Å². The molecule has 0 unspecified atom stereocenters. The Balaban J connectivity index is 4.60. The van der Waals surface area contributed by atoms with Crippen LogP contribution in [0.5, 0.6) is 0 Å². The van der Waals surface area contributed by atoms with E-state index in [2.05, 4.69) is 15.6 Å². The molecule has 11 N–H and O–H groups in total. The van der Waals surface area contributed by atoms with Crippen LogP contribution in [0.3, 0.4) is 0 Å². The Labute approximate surface area is 144 Å². The Bertz CT molecular complexity index is 519. The van der Waals surface area contributed by atoms with E-state index in [1.165, 1.54) is 0 Å². The molecule has 0 saturated heterocycles. The summed E-state index contributed by atoms with van der Waals surface area (Å²) in [6, 6.07) is -2.07. The van der Waals surface area contributed by atoms with Crippen LogP contribution in [0.15, 0.2) is 4.99 Å². The molecule has 0 bridgehead atoms. The number of hydrogen-bond donors (Lipinski definition) is 7. The molecule has 12 nitrogen and oxygen atoms in total. The van der Waals surface area contributed by atoms with Crippen molar-refractivity contribution in [1.82, 2.24) is 10.6 Å². The number of guanidine groups is 1. The van der Waals surface area contributed by atoms with Crippen LogP contribution in [0.4, 0.5) is 0 Å². The van der Waals surface area contributed by atoms with Crippen molar-refractivity contribution in [3.05, 3.63) is 0 Å². The van der Waals surface area contributed by atoms with E-state index in [1.54, 1.807) is 0 Å². The molecule has 2 atom stereocenters. The lowest BCUT2D eigenvalue weighted by Gasteiger charge is -2.20. The van der Waals surface area contributed by atoms with Gasteiger partial charge in [0.05, 0.1) is 12.6 Å². The molecule has 0 aliphatic heterocycles. The molecule has 0 rings (SSSR count). The van der Waals surface area contributed by atoms with Crippen LogP contribution in [0, 0.1) is 0 Å². The van der Waals surface area contributed by atoms with E-state index in [4.69, 9.17) is 28.0 Å². The van der Waals surface area contributed by atoms with Gasteiger partial charge in [-0.05, 0) is 19.3 Å². The molecule has 12 heteroatoms. The quantitative estimate of drug-likeness (QED) is 0.104. The first kappa shape index (κ1) is 22.1. The lowest BCUT2D eigenvalue weighted by Crippen LogP contribution is -2.52. The minimum atomic E-state index is -1.15. The zero-order chi connectivity index (χ0) is 19.4. The maximum Gasteiger partial charge on any atom is 0.303 e. The van der Waals surface area contributed by atoms with Crippen LogP contribution in [0.1, 0.15) is 25.7 Å². The molecule has 0 saturated carbocycles. The maximum atomic E-state index is 12.0. The van der Waals surface area contributed by atoms with Gasteiger partial charge in [-0.1, -0.05) is 0 Å². The standard InChI is InChI=1S/C13H25N7O5/c14-7(2-1-5-18-13(16)17)11(24)20-8(3-4-10(22)23)12(25)19-6-9(15)21/h7-8H,1-6,14H2,(H2,15,21)(H,19,25)(H,20,24)(H,22,23)(H4,16,17,18)/t7-,8-/m0/s1. The van der Waals surface area contributed by atoms with E-state index in [0.29, 0.717) is 13.0 Å². The van der Waals surface area contributed by atoms with Gasteiger partial charge in [0.2, 0.25) is 17.7 Å². The number of rotatable bonds is 12. The van der Waals surface area contributed by atoms with Crippen molar-refractivity contribution in [1.29, 1.82) is 0 Å².